The number of unbranched alkanes of at least 4 members (excludes halogenated alkanes) is 2. The molecule has 0 bridgehead atoms. The van der Waals surface area contributed by atoms with Gasteiger partial charge in [-0.25, -0.2) is 4.79 Å². The van der Waals surface area contributed by atoms with Gasteiger partial charge >= 0.3 is 5.97 Å². The lowest BCUT2D eigenvalue weighted by Gasteiger charge is -2.43. The number of hydrogen-bond acceptors (Lipinski definition) is 6. The van der Waals surface area contributed by atoms with E-state index in [1.165, 1.54) is 4.90 Å². The highest BCUT2D eigenvalue weighted by atomic mass is 35.5. The average molecular weight is 561 g/mol. The molecule has 3 unspecified atom stereocenters. The molecular weight excluding hydrogens is 528 g/mol. The standard InChI is InChI=1S/C28H33ClN2O6S/c1-3-37-28(35)22-10-8-20(9-11-22)18-38(36)26-17-25(33)31(26)19(2)27(34)30-16-6-4-5-7-24(32)21-12-14-23(29)15-13-21/h8-15,19,26H,3-7,16-18H2,1-2H3,(H,30,34). The van der Waals surface area contributed by atoms with E-state index in [2.05, 4.69) is 5.32 Å². The van der Waals surface area contributed by atoms with Crippen molar-refractivity contribution in [2.45, 2.75) is 63.1 Å². The number of halogens is 1. The maximum Gasteiger partial charge on any atom is 0.338 e. The Morgan fingerprint density at radius 2 is 1.74 bits per heavy atom. The maximum absolute atomic E-state index is 13.0. The van der Waals surface area contributed by atoms with Crippen LogP contribution in [0.2, 0.25) is 5.02 Å². The molecule has 1 aliphatic rings. The molecule has 2 amide bonds. The predicted octanol–water partition coefficient (Wildman–Crippen LogP) is 4.27. The SMILES string of the molecule is CCOC(=O)c1ccc(C[S+]([O-])C2CC(=O)N2C(C)C(=O)NCCCCCC(=O)c2ccc(Cl)cc2)cc1. The van der Waals surface area contributed by atoms with E-state index in [0.29, 0.717) is 42.0 Å². The van der Waals surface area contributed by atoms with E-state index in [4.69, 9.17) is 16.3 Å². The fourth-order valence-electron chi connectivity index (χ4n) is 4.15. The summed E-state index contributed by atoms with van der Waals surface area (Å²) in [4.78, 5) is 50.3. The Balaban J connectivity index is 1.39. The van der Waals surface area contributed by atoms with Crippen molar-refractivity contribution in [2.75, 3.05) is 13.2 Å². The second kappa shape index (κ2) is 14.3. The zero-order chi connectivity index (χ0) is 27.7. The molecule has 3 atom stereocenters. The van der Waals surface area contributed by atoms with Crippen molar-refractivity contribution in [1.82, 2.24) is 10.2 Å². The number of carbonyl (C=O) groups excluding carboxylic acids is 4. The van der Waals surface area contributed by atoms with Gasteiger partial charge in [-0.15, -0.1) is 0 Å². The van der Waals surface area contributed by atoms with Gasteiger partial charge < -0.3 is 14.6 Å². The van der Waals surface area contributed by atoms with Crippen LogP contribution in [0.5, 0.6) is 0 Å². The number of ketones is 1. The first-order valence-electron chi connectivity index (χ1n) is 12.7. The lowest BCUT2D eigenvalue weighted by molar-refractivity contribution is -0.150. The maximum atomic E-state index is 13.0. The summed E-state index contributed by atoms with van der Waals surface area (Å²) in [7, 11) is 0. The van der Waals surface area contributed by atoms with Gasteiger partial charge in [-0.3, -0.25) is 19.3 Å². The van der Waals surface area contributed by atoms with Crippen LogP contribution in [-0.2, 0) is 31.3 Å². The zero-order valence-electron chi connectivity index (χ0n) is 21.6. The number of ether oxygens (including phenoxy) is 1. The third-order valence-electron chi connectivity index (χ3n) is 6.37. The summed E-state index contributed by atoms with van der Waals surface area (Å²) in [5.74, 6) is -0.645. The van der Waals surface area contributed by atoms with Gasteiger partial charge in [0, 0.05) is 29.1 Å². The van der Waals surface area contributed by atoms with Crippen molar-refractivity contribution >= 4 is 46.3 Å². The van der Waals surface area contributed by atoms with Crippen LogP contribution < -0.4 is 5.32 Å². The molecule has 0 aromatic heterocycles. The molecule has 0 radical (unpaired) electrons. The van der Waals surface area contributed by atoms with Crippen LogP contribution in [0, 0.1) is 0 Å². The summed E-state index contributed by atoms with van der Waals surface area (Å²) in [6.07, 6.45) is 2.75. The zero-order valence-corrected chi connectivity index (χ0v) is 23.2. The minimum absolute atomic E-state index is 0.0598. The summed E-state index contributed by atoms with van der Waals surface area (Å²) >= 11 is 4.45. The topological polar surface area (TPSA) is 116 Å². The molecule has 1 fully saturated rings. The Hall–Kier alpha value is -2.88. The van der Waals surface area contributed by atoms with E-state index in [1.807, 2.05) is 0 Å². The number of rotatable bonds is 14. The summed E-state index contributed by atoms with van der Waals surface area (Å²) < 4.78 is 17.9. The van der Waals surface area contributed by atoms with Gasteiger partial charge in [-0.05, 0) is 74.3 Å². The number of likely N-dealkylation sites (tertiary alicyclic amines) is 1. The Morgan fingerprint density at radius 3 is 2.37 bits per heavy atom. The molecule has 1 N–H and O–H groups in total. The predicted molar refractivity (Wildman–Crippen MR) is 146 cm³/mol. The van der Waals surface area contributed by atoms with Crippen LogP contribution >= 0.6 is 11.6 Å². The van der Waals surface area contributed by atoms with Gasteiger partial charge in [0.2, 0.25) is 11.8 Å². The molecule has 1 aliphatic heterocycles. The van der Waals surface area contributed by atoms with Gasteiger partial charge in [0.1, 0.15) is 11.8 Å². The highest BCUT2D eigenvalue weighted by Gasteiger charge is 2.48. The first-order chi connectivity index (χ1) is 18.2. The van der Waals surface area contributed by atoms with Crippen LogP contribution in [0.25, 0.3) is 0 Å². The summed E-state index contributed by atoms with van der Waals surface area (Å²) in [6, 6.07) is 12.8. The van der Waals surface area contributed by atoms with Crippen molar-refractivity contribution in [2.24, 2.45) is 0 Å². The van der Waals surface area contributed by atoms with Gasteiger partial charge in [-0.2, -0.15) is 0 Å². The minimum atomic E-state index is -1.40. The molecule has 0 saturated carbocycles. The first-order valence-corrected chi connectivity index (χ1v) is 14.5. The Bertz CT molecular complexity index is 1130. The van der Waals surface area contributed by atoms with E-state index in [9.17, 15) is 23.7 Å². The Kier molecular flexibility index (Phi) is 11.2. The smallest absolute Gasteiger partial charge is 0.338 e. The first kappa shape index (κ1) is 29.7. The normalized spacial score (nSPS) is 16.4. The molecule has 2 aromatic rings. The fraction of sp³-hybridized carbons (Fsp3) is 0.429. The second-order valence-corrected chi connectivity index (χ2v) is 11.1. The highest BCUT2D eigenvalue weighted by Crippen LogP contribution is 2.29. The number of hydrogen-bond donors (Lipinski definition) is 1. The molecule has 0 spiro atoms. The third-order valence-corrected chi connectivity index (χ3v) is 8.24. The third kappa shape index (κ3) is 8.06. The van der Waals surface area contributed by atoms with Crippen molar-refractivity contribution in [1.29, 1.82) is 0 Å². The van der Waals surface area contributed by atoms with E-state index in [0.717, 1.165) is 12.0 Å². The van der Waals surface area contributed by atoms with E-state index in [1.54, 1.807) is 62.4 Å². The lowest BCUT2D eigenvalue weighted by atomic mass is 10.0. The molecule has 8 nitrogen and oxygen atoms in total. The van der Waals surface area contributed by atoms with Crippen molar-refractivity contribution in [3.63, 3.8) is 0 Å². The summed E-state index contributed by atoms with van der Waals surface area (Å²) in [5, 5.41) is 2.89. The van der Waals surface area contributed by atoms with Gasteiger partial charge in [0.05, 0.1) is 18.6 Å². The average Bonchev–Trinajstić information content (AvgIpc) is 2.89. The van der Waals surface area contributed by atoms with Crippen molar-refractivity contribution < 1.29 is 28.5 Å². The number of nitrogens with one attached hydrogen (secondary N) is 1. The molecule has 38 heavy (non-hydrogen) atoms. The number of esters is 1. The lowest BCUT2D eigenvalue weighted by Crippen LogP contribution is -2.63. The van der Waals surface area contributed by atoms with Crippen LogP contribution in [0.15, 0.2) is 48.5 Å². The number of carbonyl (C=O) groups is 4. The number of β-lactam (4-membered cyclic amide) rings is 1. The second-order valence-electron chi connectivity index (χ2n) is 9.11. The molecule has 2 aromatic carbocycles. The molecule has 204 valence electrons. The quantitative estimate of drug-likeness (QED) is 0.121. The van der Waals surface area contributed by atoms with E-state index < -0.39 is 28.6 Å². The molecule has 10 heteroatoms. The molecule has 1 heterocycles. The van der Waals surface area contributed by atoms with Crippen molar-refractivity contribution in [3.05, 3.63) is 70.2 Å². The summed E-state index contributed by atoms with van der Waals surface area (Å²) in [5.41, 5.74) is 1.82. The number of Topliss-reactive ketones (excluding diaryl/α,β-unsaturated/α-hetero) is 1. The highest BCUT2D eigenvalue weighted by molar-refractivity contribution is 7.91. The number of nitrogens with zero attached hydrogens (tertiary/aromatic N) is 1. The largest absolute Gasteiger partial charge is 0.614 e. The molecular formula is C28H33ClN2O6S. The summed E-state index contributed by atoms with van der Waals surface area (Å²) in [6.45, 7) is 4.09. The minimum Gasteiger partial charge on any atom is -0.614 e. The van der Waals surface area contributed by atoms with Crippen LogP contribution in [0.4, 0.5) is 0 Å². The van der Waals surface area contributed by atoms with Gasteiger partial charge in [0.25, 0.3) is 0 Å². The van der Waals surface area contributed by atoms with Gasteiger partial charge in [0.15, 0.2) is 11.2 Å². The monoisotopic (exact) mass is 560 g/mol. The molecule has 1 saturated heterocycles. The Morgan fingerprint density at radius 1 is 1.08 bits per heavy atom. The van der Waals surface area contributed by atoms with Crippen LogP contribution in [0.3, 0.4) is 0 Å². The van der Waals surface area contributed by atoms with Crippen LogP contribution in [0.1, 0.15) is 72.2 Å². The Labute approximate surface area is 231 Å². The fourth-order valence-corrected chi connectivity index (χ4v) is 5.87. The van der Waals surface area contributed by atoms with E-state index >= 15 is 0 Å². The van der Waals surface area contributed by atoms with Gasteiger partial charge in [-0.1, -0.05) is 30.2 Å². The molecule has 3 rings (SSSR count). The number of amides is 2. The molecule has 0 aliphatic carbocycles. The van der Waals surface area contributed by atoms with Crippen molar-refractivity contribution in [3.8, 4) is 0 Å². The van der Waals surface area contributed by atoms with E-state index in [-0.39, 0.29) is 36.4 Å². The number of benzene rings is 2. The van der Waals surface area contributed by atoms with Crippen LogP contribution in [-0.4, -0.2) is 57.6 Å².